The molecule has 0 atom stereocenters. The number of hydrogen-bond acceptors (Lipinski definition) is 4. The molecule has 2 aromatic rings. The van der Waals surface area contributed by atoms with Crippen molar-refractivity contribution in [2.75, 3.05) is 20.2 Å². The van der Waals surface area contributed by atoms with Gasteiger partial charge in [0.05, 0.1) is 6.54 Å². The summed E-state index contributed by atoms with van der Waals surface area (Å²) in [4.78, 5) is 13.9. The molecule has 0 aliphatic carbocycles. The van der Waals surface area contributed by atoms with E-state index in [-0.39, 0.29) is 10.9 Å². The van der Waals surface area contributed by atoms with Crippen molar-refractivity contribution in [3.8, 4) is 5.75 Å². The fourth-order valence-corrected chi connectivity index (χ4v) is 2.17. The summed E-state index contributed by atoms with van der Waals surface area (Å²) in [5, 5.41) is 8.76. The minimum absolute atomic E-state index is 0.0813. The minimum Gasteiger partial charge on any atom is -0.492 e. The van der Waals surface area contributed by atoms with Crippen molar-refractivity contribution in [1.82, 2.24) is 10.4 Å². The maximum Gasteiger partial charge on any atom is 0.246 e. The number of ether oxygens (including phenoxy) is 1. The summed E-state index contributed by atoms with van der Waals surface area (Å²) >= 11 is 4.92. The van der Waals surface area contributed by atoms with Gasteiger partial charge >= 0.3 is 0 Å². The zero-order chi connectivity index (χ0) is 18.1. The third kappa shape index (κ3) is 6.02. The third-order valence-corrected chi connectivity index (χ3v) is 3.83. The van der Waals surface area contributed by atoms with Crippen molar-refractivity contribution in [3.63, 3.8) is 0 Å². The molecule has 25 heavy (non-hydrogen) atoms. The van der Waals surface area contributed by atoms with Gasteiger partial charge in [0.15, 0.2) is 0 Å². The van der Waals surface area contributed by atoms with Crippen LogP contribution in [0.3, 0.4) is 0 Å². The van der Waals surface area contributed by atoms with E-state index in [0.717, 1.165) is 5.56 Å². The van der Waals surface area contributed by atoms with E-state index < -0.39 is 0 Å². The van der Waals surface area contributed by atoms with Gasteiger partial charge in [-0.05, 0) is 35.9 Å². The Morgan fingerprint density at radius 3 is 2.52 bits per heavy atom. The van der Waals surface area contributed by atoms with Gasteiger partial charge < -0.3 is 9.64 Å². The van der Waals surface area contributed by atoms with Crippen LogP contribution in [0.5, 0.6) is 5.75 Å². The summed E-state index contributed by atoms with van der Waals surface area (Å²) in [6.45, 7) is 0.847. The van der Waals surface area contributed by atoms with Gasteiger partial charge in [0.25, 0.3) is 0 Å². The Hall–Kier alpha value is -2.70. The van der Waals surface area contributed by atoms with E-state index in [4.69, 9.17) is 22.2 Å². The summed E-state index contributed by atoms with van der Waals surface area (Å²) in [6.07, 6.45) is 3.34. The lowest BCUT2D eigenvalue weighted by atomic mass is 10.2. The molecule has 2 rings (SSSR count). The average Bonchev–Trinajstić information content (AvgIpc) is 2.66. The van der Waals surface area contributed by atoms with Gasteiger partial charge in [-0.3, -0.25) is 15.5 Å². The minimum atomic E-state index is -0.0813. The van der Waals surface area contributed by atoms with Crippen LogP contribution in [0.2, 0.25) is 0 Å². The van der Waals surface area contributed by atoms with Crippen LogP contribution in [-0.2, 0) is 4.79 Å². The van der Waals surface area contributed by atoms with Gasteiger partial charge in [-0.25, -0.2) is 0 Å². The first kappa shape index (κ1) is 18.6. The van der Waals surface area contributed by atoms with Gasteiger partial charge in [0, 0.05) is 18.7 Å². The fourth-order valence-electron chi connectivity index (χ4n) is 2.04. The monoisotopic (exact) mass is 356 g/mol. The molecule has 0 aromatic heterocycles. The Morgan fingerprint density at radius 2 is 1.88 bits per heavy atom. The Balaban J connectivity index is 1.77. The van der Waals surface area contributed by atoms with Crippen LogP contribution >= 0.6 is 12.2 Å². The molecule has 0 unspecified atom stereocenters. The summed E-state index contributed by atoms with van der Waals surface area (Å²) < 4.78 is 5.61. The molecule has 5 nitrogen and oxygen atoms in total. The second-order valence-electron chi connectivity index (χ2n) is 5.32. The van der Waals surface area contributed by atoms with Crippen molar-refractivity contribution >= 4 is 29.2 Å². The van der Waals surface area contributed by atoms with Gasteiger partial charge in [0.1, 0.15) is 17.3 Å². The number of thiocarbonyl (C=S) groups is 1. The van der Waals surface area contributed by atoms with Gasteiger partial charge in [-0.15, -0.1) is 0 Å². The molecule has 0 saturated carbocycles. The molecule has 2 aromatic carbocycles. The molecule has 130 valence electrons. The number of nitrogens with one attached hydrogen (secondary N) is 1. The van der Waals surface area contributed by atoms with Crippen LogP contribution in [0.4, 0.5) is 0 Å². The highest BCUT2D eigenvalue weighted by Crippen LogP contribution is 2.12. The molecular formula is C19H20N2O3S. The van der Waals surface area contributed by atoms with E-state index in [0.29, 0.717) is 24.5 Å². The maximum atomic E-state index is 12.1. The Bertz CT molecular complexity index is 730. The number of nitrogens with zero attached hydrogens (tertiary/aromatic N) is 1. The van der Waals surface area contributed by atoms with Crippen molar-refractivity contribution in [2.45, 2.75) is 0 Å². The van der Waals surface area contributed by atoms with E-state index in [9.17, 15) is 4.79 Å². The number of likely N-dealkylation sites (N-methyl/N-ethyl adjacent to an activating group) is 1. The van der Waals surface area contributed by atoms with E-state index in [1.165, 1.54) is 0 Å². The first-order valence-corrected chi connectivity index (χ1v) is 8.16. The molecule has 0 bridgehead atoms. The Morgan fingerprint density at radius 1 is 1.20 bits per heavy atom. The van der Waals surface area contributed by atoms with Crippen LogP contribution in [0.15, 0.2) is 60.7 Å². The quantitative estimate of drug-likeness (QED) is 0.454. The number of carbonyl (C=O) groups is 1. The molecule has 0 aliphatic rings. The molecule has 0 saturated heterocycles. The molecule has 6 heteroatoms. The number of rotatable bonds is 7. The van der Waals surface area contributed by atoms with Crippen LogP contribution in [0.1, 0.15) is 11.1 Å². The number of hydroxylamine groups is 1. The smallest absolute Gasteiger partial charge is 0.246 e. The normalized spacial score (nSPS) is 10.5. The van der Waals surface area contributed by atoms with E-state index >= 15 is 0 Å². The molecule has 0 aliphatic heterocycles. The molecule has 0 fully saturated rings. The summed E-state index contributed by atoms with van der Waals surface area (Å²) in [7, 11) is 1.73. The van der Waals surface area contributed by atoms with Gasteiger partial charge in [-0.2, -0.15) is 0 Å². The highest BCUT2D eigenvalue weighted by atomic mass is 32.1. The number of hydrogen-bond donors (Lipinski definition) is 2. The van der Waals surface area contributed by atoms with Crippen LogP contribution in [0.25, 0.3) is 6.08 Å². The second kappa shape index (κ2) is 9.56. The number of benzene rings is 2. The maximum absolute atomic E-state index is 12.1. The van der Waals surface area contributed by atoms with Crippen LogP contribution in [-0.4, -0.2) is 41.2 Å². The first-order chi connectivity index (χ1) is 12.1. The zero-order valence-corrected chi connectivity index (χ0v) is 14.7. The fraction of sp³-hybridized carbons (Fsp3) is 0.158. The largest absolute Gasteiger partial charge is 0.492 e. The Labute approximate surface area is 152 Å². The highest BCUT2D eigenvalue weighted by Gasteiger charge is 2.05. The van der Waals surface area contributed by atoms with E-state index in [2.05, 4.69) is 0 Å². The van der Waals surface area contributed by atoms with Crippen molar-refractivity contribution in [3.05, 3.63) is 71.8 Å². The summed E-state index contributed by atoms with van der Waals surface area (Å²) in [5.41, 5.74) is 3.61. The van der Waals surface area contributed by atoms with Crippen molar-refractivity contribution in [2.24, 2.45) is 0 Å². The molecule has 2 N–H and O–H groups in total. The third-order valence-electron chi connectivity index (χ3n) is 3.51. The molecule has 0 spiro atoms. The Kier molecular flexibility index (Phi) is 7.13. The van der Waals surface area contributed by atoms with E-state index in [1.54, 1.807) is 48.4 Å². The summed E-state index contributed by atoms with van der Waals surface area (Å²) in [5.74, 6) is 0.590. The standard InChI is InChI=1S/C19H20N2O3S/c1-21(18(22)12-7-15-5-3-2-4-6-15)13-14-24-17-10-8-16(9-11-17)19(25)20-23/h2-12,23H,13-14H2,1H3,(H,20,25). The lowest BCUT2D eigenvalue weighted by Gasteiger charge is -2.15. The lowest BCUT2D eigenvalue weighted by Crippen LogP contribution is -2.29. The first-order valence-electron chi connectivity index (χ1n) is 7.75. The molecule has 0 heterocycles. The van der Waals surface area contributed by atoms with Gasteiger partial charge in [0.2, 0.25) is 5.91 Å². The van der Waals surface area contributed by atoms with Gasteiger partial charge in [-0.1, -0.05) is 42.5 Å². The SMILES string of the molecule is CN(CCOc1ccc(C(=S)NO)cc1)C(=O)C=Cc1ccccc1. The number of amides is 1. The van der Waals surface area contributed by atoms with E-state index in [1.807, 2.05) is 35.8 Å². The second-order valence-corrected chi connectivity index (χ2v) is 5.73. The summed E-state index contributed by atoms with van der Waals surface area (Å²) in [6, 6.07) is 16.7. The zero-order valence-electron chi connectivity index (χ0n) is 13.9. The molecule has 0 radical (unpaired) electrons. The van der Waals surface area contributed by atoms with Crippen molar-refractivity contribution in [1.29, 1.82) is 0 Å². The predicted molar refractivity (Wildman–Crippen MR) is 102 cm³/mol. The number of carbonyl (C=O) groups excluding carboxylic acids is 1. The molecule has 1 amide bonds. The van der Waals surface area contributed by atoms with Crippen LogP contribution < -0.4 is 10.2 Å². The topological polar surface area (TPSA) is 61.8 Å². The van der Waals surface area contributed by atoms with Crippen molar-refractivity contribution < 1.29 is 14.7 Å². The predicted octanol–water partition coefficient (Wildman–Crippen LogP) is 2.89. The highest BCUT2D eigenvalue weighted by molar-refractivity contribution is 7.80. The lowest BCUT2D eigenvalue weighted by molar-refractivity contribution is -0.125. The van der Waals surface area contributed by atoms with Crippen LogP contribution in [0, 0.1) is 0 Å². The average molecular weight is 356 g/mol. The molecular weight excluding hydrogens is 336 g/mol.